The molecular formula is C18H20N4O3. The van der Waals surface area contributed by atoms with E-state index in [-0.39, 0.29) is 12.0 Å². The van der Waals surface area contributed by atoms with Gasteiger partial charge in [0.1, 0.15) is 11.4 Å². The Hall–Kier alpha value is -3.09. The van der Waals surface area contributed by atoms with Crippen molar-refractivity contribution in [2.75, 3.05) is 5.32 Å². The first-order valence-electron chi connectivity index (χ1n) is 8.00. The standard InChI is InChI=1S/C18H20N4O3/c1-10(2)24-16-9-13(18-22-21-12(4)25-18)6-8-14(16)20-17(23)15-7-5-11(3)19-15/h5-10,19H,1-4H3,(H,20,23). The lowest BCUT2D eigenvalue weighted by Gasteiger charge is -2.15. The Kier molecular flexibility index (Phi) is 4.56. The Morgan fingerprint density at radius 2 is 2.00 bits per heavy atom. The number of anilines is 1. The number of hydrogen-bond acceptors (Lipinski definition) is 5. The summed E-state index contributed by atoms with van der Waals surface area (Å²) in [7, 11) is 0. The molecule has 25 heavy (non-hydrogen) atoms. The zero-order valence-corrected chi connectivity index (χ0v) is 14.6. The number of hydrogen-bond donors (Lipinski definition) is 2. The van der Waals surface area contributed by atoms with Crippen molar-refractivity contribution in [1.82, 2.24) is 15.2 Å². The van der Waals surface area contributed by atoms with E-state index in [1.54, 1.807) is 31.2 Å². The third kappa shape index (κ3) is 3.88. The minimum atomic E-state index is -0.233. The molecule has 0 saturated carbocycles. The smallest absolute Gasteiger partial charge is 0.272 e. The molecule has 130 valence electrons. The molecule has 0 radical (unpaired) electrons. The zero-order chi connectivity index (χ0) is 18.0. The number of aromatic nitrogens is 3. The molecule has 0 unspecified atom stereocenters. The molecule has 7 heteroatoms. The molecule has 0 bridgehead atoms. The van der Waals surface area contributed by atoms with Gasteiger partial charge in [-0.1, -0.05) is 0 Å². The normalized spacial score (nSPS) is 10.9. The molecule has 3 aromatic rings. The monoisotopic (exact) mass is 340 g/mol. The summed E-state index contributed by atoms with van der Waals surface area (Å²) in [6.45, 7) is 7.47. The maximum atomic E-state index is 12.4. The van der Waals surface area contributed by atoms with Crippen LogP contribution in [0.2, 0.25) is 0 Å². The topological polar surface area (TPSA) is 93.0 Å². The number of aromatic amines is 1. The average Bonchev–Trinajstić information content (AvgIpc) is 3.17. The van der Waals surface area contributed by atoms with Crippen molar-refractivity contribution in [3.05, 3.63) is 47.6 Å². The number of benzene rings is 1. The van der Waals surface area contributed by atoms with Gasteiger partial charge in [0.2, 0.25) is 11.8 Å². The number of ether oxygens (including phenoxy) is 1. The fourth-order valence-electron chi connectivity index (χ4n) is 2.35. The molecular weight excluding hydrogens is 320 g/mol. The van der Waals surface area contributed by atoms with Crippen molar-refractivity contribution in [3.63, 3.8) is 0 Å². The van der Waals surface area contributed by atoms with Crippen molar-refractivity contribution in [2.45, 2.75) is 33.8 Å². The number of carbonyl (C=O) groups is 1. The fourth-order valence-corrected chi connectivity index (χ4v) is 2.35. The molecule has 0 aliphatic rings. The highest BCUT2D eigenvalue weighted by molar-refractivity contribution is 6.04. The summed E-state index contributed by atoms with van der Waals surface area (Å²) < 4.78 is 11.3. The highest BCUT2D eigenvalue weighted by atomic mass is 16.5. The zero-order valence-electron chi connectivity index (χ0n) is 14.6. The van der Waals surface area contributed by atoms with Crippen LogP contribution in [0.25, 0.3) is 11.5 Å². The molecule has 0 atom stereocenters. The van der Waals surface area contributed by atoms with Gasteiger partial charge >= 0.3 is 0 Å². The number of nitrogens with zero attached hydrogens (tertiary/aromatic N) is 2. The highest BCUT2D eigenvalue weighted by Crippen LogP contribution is 2.31. The van der Waals surface area contributed by atoms with Gasteiger partial charge in [-0.3, -0.25) is 4.79 Å². The van der Waals surface area contributed by atoms with Crippen LogP contribution in [0, 0.1) is 13.8 Å². The Bertz CT molecular complexity index is 895. The summed E-state index contributed by atoms with van der Waals surface area (Å²) in [5.41, 5.74) is 2.71. The minimum absolute atomic E-state index is 0.0527. The Morgan fingerprint density at radius 3 is 2.60 bits per heavy atom. The maximum absolute atomic E-state index is 12.4. The molecule has 0 spiro atoms. The van der Waals surface area contributed by atoms with Gasteiger partial charge in [0, 0.05) is 18.2 Å². The largest absolute Gasteiger partial charge is 0.489 e. The van der Waals surface area contributed by atoms with E-state index in [1.165, 1.54) is 0 Å². The number of aryl methyl sites for hydroxylation is 2. The molecule has 0 saturated heterocycles. The van der Waals surface area contributed by atoms with Gasteiger partial charge in [-0.05, 0) is 51.1 Å². The predicted molar refractivity (Wildman–Crippen MR) is 93.7 cm³/mol. The van der Waals surface area contributed by atoms with E-state index in [0.29, 0.717) is 28.9 Å². The second-order valence-corrected chi connectivity index (χ2v) is 6.01. The van der Waals surface area contributed by atoms with E-state index < -0.39 is 0 Å². The van der Waals surface area contributed by atoms with E-state index >= 15 is 0 Å². The molecule has 2 N–H and O–H groups in total. The van der Waals surface area contributed by atoms with E-state index in [9.17, 15) is 4.79 Å². The SMILES string of the molecule is Cc1ccc(C(=O)Nc2ccc(-c3nnc(C)o3)cc2OC(C)C)[nH]1. The van der Waals surface area contributed by atoms with Crippen molar-refractivity contribution in [3.8, 4) is 17.2 Å². The van der Waals surface area contributed by atoms with Gasteiger partial charge in [-0.25, -0.2) is 0 Å². The number of H-pyrrole nitrogens is 1. The van der Waals surface area contributed by atoms with Crippen LogP contribution in [0.5, 0.6) is 5.75 Å². The number of nitrogens with one attached hydrogen (secondary N) is 2. The third-order valence-electron chi connectivity index (χ3n) is 3.44. The van der Waals surface area contributed by atoms with Crippen LogP contribution in [-0.2, 0) is 0 Å². The van der Waals surface area contributed by atoms with E-state index in [0.717, 1.165) is 11.3 Å². The number of carbonyl (C=O) groups excluding carboxylic acids is 1. The lowest BCUT2D eigenvalue weighted by Crippen LogP contribution is -2.15. The summed E-state index contributed by atoms with van der Waals surface area (Å²) in [6, 6.07) is 8.93. The van der Waals surface area contributed by atoms with Gasteiger partial charge in [0.25, 0.3) is 5.91 Å². The maximum Gasteiger partial charge on any atom is 0.272 e. The predicted octanol–water partition coefficient (Wildman–Crippen LogP) is 3.72. The summed E-state index contributed by atoms with van der Waals surface area (Å²) in [4.78, 5) is 15.4. The van der Waals surface area contributed by atoms with Gasteiger partial charge in [-0.2, -0.15) is 0 Å². The van der Waals surface area contributed by atoms with Gasteiger partial charge in [-0.15, -0.1) is 10.2 Å². The van der Waals surface area contributed by atoms with Crippen LogP contribution in [0.1, 0.15) is 35.9 Å². The van der Waals surface area contributed by atoms with Crippen molar-refractivity contribution in [2.24, 2.45) is 0 Å². The van der Waals surface area contributed by atoms with Gasteiger partial charge in [0.15, 0.2) is 0 Å². The molecule has 2 heterocycles. The van der Waals surface area contributed by atoms with Crippen molar-refractivity contribution < 1.29 is 13.9 Å². The first kappa shape index (κ1) is 16.8. The molecule has 2 aromatic heterocycles. The minimum Gasteiger partial charge on any atom is -0.489 e. The van der Waals surface area contributed by atoms with E-state index in [1.807, 2.05) is 26.8 Å². The fraction of sp³-hybridized carbons (Fsp3) is 0.278. The van der Waals surface area contributed by atoms with Crippen LogP contribution in [0.15, 0.2) is 34.7 Å². The molecule has 0 aliphatic carbocycles. The first-order valence-corrected chi connectivity index (χ1v) is 8.00. The second-order valence-electron chi connectivity index (χ2n) is 6.01. The number of amides is 1. The Morgan fingerprint density at radius 1 is 1.20 bits per heavy atom. The summed E-state index contributed by atoms with van der Waals surface area (Å²) in [5, 5.41) is 10.7. The second kappa shape index (κ2) is 6.80. The Labute approximate surface area is 145 Å². The van der Waals surface area contributed by atoms with Crippen LogP contribution >= 0.6 is 0 Å². The lowest BCUT2D eigenvalue weighted by molar-refractivity contribution is 0.102. The number of rotatable bonds is 5. The molecule has 1 amide bonds. The van der Waals surface area contributed by atoms with Gasteiger partial charge in [0.05, 0.1) is 11.8 Å². The van der Waals surface area contributed by atoms with E-state index in [2.05, 4.69) is 20.5 Å². The van der Waals surface area contributed by atoms with Crippen molar-refractivity contribution >= 4 is 11.6 Å². The van der Waals surface area contributed by atoms with Crippen LogP contribution < -0.4 is 10.1 Å². The molecule has 7 nitrogen and oxygen atoms in total. The lowest BCUT2D eigenvalue weighted by atomic mass is 10.1. The summed E-state index contributed by atoms with van der Waals surface area (Å²) >= 11 is 0. The third-order valence-corrected chi connectivity index (χ3v) is 3.44. The molecule has 0 aliphatic heterocycles. The quantitative estimate of drug-likeness (QED) is 0.738. The summed E-state index contributed by atoms with van der Waals surface area (Å²) in [6.07, 6.45) is -0.0527. The van der Waals surface area contributed by atoms with Crippen LogP contribution in [0.3, 0.4) is 0 Å². The molecule has 0 fully saturated rings. The van der Waals surface area contributed by atoms with Gasteiger partial charge < -0.3 is 19.5 Å². The van der Waals surface area contributed by atoms with Crippen molar-refractivity contribution in [1.29, 1.82) is 0 Å². The first-order chi connectivity index (χ1) is 11.9. The van der Waals surface area contributed by atoms with Crippen LogP contribution in [0.4, 0.5) is 5.69 Å². The summed E-state index contributed by atoms with van der Waals surface area (Å²) in [5.74, 6) is 1.20. The van der Waals surface area contributed by atoms with E-state index in [4.69, 9.17) is 9.15 Å². The average molecular weight is 340 g/mol. The Balaban J connectivity index is 1.90. The molecule has 3 rings (SSSR count). The highest BCUT2D eigenvalue weighted by Gasteiger charge is 2.15. The molecule has 1 aromatic carbocycles. The van der Waals surface area contributed by atoms with Crippen LogP contribution in [-0.4, -0.2) is 27.2 Å².